The maximum absolute atomic E-state index is 13.3. The number of nitrogens with zero attached hydrogens (tertiary/aromatic N) is 1. The van der Waals surface area contributed by atoms with Gasteiger partial charge in [-0.3, -0.25) is 0 Å². The number of para-hydroxylation sites is 1. The Kier molecular flexibility index (Phi) is 3.47. The van der Waals surface area contributed by atoms with E-state index in [2.05, 4.69) is 0 Å². The van der Waals surface area contributed by atoms with Crippen molar-refractivity contribution in [2.24, 2.45) is 0 Å². The van der Waals surface area contributed by atoms with E-state index in [-0.39, 0.29) is 12.4 Å². The third-order valence-electron chi connectivity index (χ3n) is 3.39. The first-order chi connectivity index (χ1) is 9.69. The molecule has 3 aromatic rings. The summed E-state index contributed by atoms with van der Waals surface area (Å²) in [6.45, 7) is 0.446. The lowest BCUT2D eigenvalue weighted by atomic mass is 10.2. The van der Waals surface area contributed by atoms with Gasteiger partial charge in [0.15, 0.2) is 0 Å². The van der Waals surface area contributed by atoms with Gasteiger partial charge in [-0.05, 0) is 29.8 Å². The van der Waals surface area contributed by atoms with E-state index in [1.54, 1.807) is 6.07 Å². The van der Waals surface area contributed by atoms with Gasteiger partial charge in [-0.1, -0.05) is 29.8 Å². The number of rotatable bonds is 3. The van der Waals surface area contributed by atoms with Gasteiger partial charge in [0.25, 0.3) is 0 Å². The standard InChI is InChI=1S/C16H13ClFNO/c17-15-6-5-13(18)7-11(15)8-19-9-12(10-20)14-3-1-2-4-16(14)19/h1-7,9,20H,8,10H2. The summed E-state index contributed by atoms with van der Waals surface area (Å²) < 4.78 is 15.3. The van der Waals surface area contributed by atoms with Gasteiger partial charge in [-0.15, -0.1) is 0 Å². The molecule has 4 heteroatoms. The molecule has 0 aliphatic heterocycles. The summed E-state index contributed by atoms with van der Waals surface area (Å²) >= 11 is 6.11. The van der Waals surface area contributed by atoms with Crippen LogP contribution in [0.4, 0.5) is 4.39 Å². The van der Waals surface area contributed by atoms with E-state index in [0.717, 1.165) is 22.0 Å². The molecule has 0 spiro atoms. The molecule has 2 aromatic carbocycles. The monoisotopic (exact) mass is 289 g/mol. The average Bonchev–Trinajstić information content (AvgIpc) is 2.81. The van der Waals surface area contributed by atoms with Crippen molar-refractivity contribution >= 4 is 22.5 Å². The normalized spacial score (nSPS) is 11.2. The zero-order chi connectivity index (χ0) is 14.1. The fraction of sp³-hybridized carbons (Fsp3) is 0.125. The molecule has 0 amide bonds. The Morgan fingerprint density at radius 1 is 1.10 bits per heavy atom. The fourth-order valence-electron chi connectivity index (χ4n) is 2.43. The second-order valence-electron chi connectivity index (χ2n) is 4.69. The van der Waals surface area contributed by atoms with Gasteiger partial charge in [0.1, 0.15) is 5.82 Å². The lowest BCUT2D eigenvalue weighted by Gasteiger charge is -2.07. The highest BCUT2D eigenvalue weighted by Gasteiger charge is 2.09. The van der Waals surface area contributed by atoms with Crippen molar-refractivity contribution in [3.05, 3.63) is 70.6 Å². The lowest BCUT2D eigenvalue weighted by molar-refractivity contribution is 0.283. The van der Waals surface area contributed by atoms with Gasteiger partial charge in [-0.25, -0.2) is 4.39 Å². The summed E-state index contributed by atoms with van der Waals surface area (Å²) in [7, 11) is 0. The average molecular weight is 290 g/mol. The second kappa shape index (κ2) is 5.27. The van der Waals surface area contributed by atoms with Gasteiger partial charge in [0, 0.05) is 34.2 Å². The van der Waals surface area contributed by atoms with Crippen LogP contribution in [0.5, 0.6) is 0 Å². The van der Waals surface area contributed by atoms with Gasteiger partial charge < -0.3 is 9.67 Å². The van der Waals surface area contributed by atoms with Gasteiger partial charge in [0.2, 0.25) is 0 Å². The van der Waals surface area contributed by atoms with E-state index in [9.17, 15) is 9.50 Å². The van der Waals surface area contributed by atoms with Crippen LogP contribution >= 0.6 is 11.6 Å². The molecule has 0 unspecified atom stereocenters. The molecule has 0 fully saturated rings. The number of fused-ring (bicyclic) bond motifs is 1. The molecule has 0 aliphatic carbocycles. The van der Waals surface area contributed by atoms with E-state index in [4.69, 9.17) is 11.6 Å². The van der Waals surface area contributed by atoms with Crippen LogP contribution in [-0.4, -0.2) is 9.67 Å². The summed E-state index contributed by atoms with van der Waals surface area (Å²) in [5.74, 6) is -0.303. The van der Waals surface area contributed by atoms with Crippen LogP contribution < -0.4 is 0 Å². The Bertz CT molecular complexity index is 766. The van der Waals surface area contributed by atoms with Gasteiger partial charge in [-0.2, -0.15) is 0 Å². The highest BCUT2D eigenvalue weighted by atomic mass is 35.5. The Hall–Kier alpha value is -1.84. The van der Waals surface area contributed by atoms with Crippen LogP contribution in [0.2, 0.25) is 5.02 Å². The maximum Gasteiger partial charge on any atom is 0.123 e. The minimum absolute atomic E-state index is 0.0234. The highest BCUT2D eigenvalue weighted by molar-refractivity contribution is 6.31. The van der Waals surface area contributed by atoms with Crippen LogP contribution in [0.15, 0.2) is 48.7 Å². The summed E-state index contributed by atoms with van der Waals surface area (Å²) in [5.41, 5.74) is 2.57. The molecule has 102 valence electrons. The molecular weight excluding hydrogens is 277 g/mol. The number of aromatic nitrogens is 1. The molecule has 0 saturated carbocycles. The van der Waals surface area contributed by atoms with E-state index >= 15 is 0 Å². The highest BCUT2D eigenvalue weighted by Crippen LogP contribution is 2.24. The molecule has 0 radical (unpaired) electrons. The minimum Gasteiger partial charge on any atom is -0.392 e. The van der Waals surface area contributed by atoms with Crippen LogP contribution in [-0.2, 0) is 13.2 Å². The minimum atomic E-state index is -0.303. The molecule has 3 rings (SSSR count). The predicted octanol–water partition coefficient (Wildman–Crippen LogP) is 3.97. The number of hydrogen-bond acceptors (Lipinski definition) is 1. The lowest BCUT2D eigenvalue weighted by Crippen LogP contribution is -1.99. The smallest absolute Gasteiger partial charge is 0.123 e. The van der Waals surface area contributed by atoms with Crippen LogP contribution in [0.25, 0.3) is 10.9 Å². The Balaban J connectivity index is 2.09. The van der Waals surface area contributed by atoms with E-state index in [0.29, 0.717) is 11.6 Å². The third-order valence-corrected chi connectivity index (χ3v) is 3.76. The maximum atomic E-state index is 13.3. The Morgan fingerprint density at radius 3 is 2.70 bits per heavy atom. The van der Waals surface area contributed by atoms with E-state index in [1.807, 2.05) is 35.0 Å². The summed E-state index contributed by atoms with van der Waals surface area (Å²) in [6.07, 6.45) is 1.88. The van der Waals surface area contributed by atoms with Crippen LogP contribution in [0, 0.1) is 5.82 Å². The van der Waals surface area contributed by atoms with E-state index < -0.39 is 0 Å². The summed E-state index contributed by atoms with van der Waals surface area (Å²) in [5, 5.41) is 11.0. The molecule has 0 saturated heterocycles. The number of halogens is 2. The Labute approximate surface area is 121 Å². The van der Waals surface area contributed by atoms with Crippen molar-refractivity contribution in [3.8, 4) is 0 Å². The van der Waals surface area contributed by atoms with Crippen LogP contribution in [0.3, 0.4) is 0 Å². The number of aliphatic hydroxyl groups excluding tert-OH is 1. The predicted molar refractivity (Wildman–Crippen MR) is 78.4 cm³/mol. The third kappa shape index (κ3) is 2.30. The van der Waals surface area contributed by atoms with Crippen molar-refractivity contribution in [2.75, 3.05) is 0 Å². The molecule has 1 N–H and O–H groups in total. The largest absolute Gasteiger partial charge is 0.392 e. The van der Waals surface area contributed by atoms with Crippen molar-refractivity contribution in [1.29, 1.82) is 0 Å². The first kappa shape index (κ1) is 13.2. The molecule has 2 nitrogen and oxygen atoms in total. The zero-order valence-corrected chi connectivity index (χ0v) is 11.4. The summed E-state index contributed by atoms with van der Waals surface area (Å²) in [6, 6.07) is 12.2. The molecule has 0 atom stereocenters. The molecule has 1 aromatic heterocycles. The SMILES string of the molecule is OCc1cn(Cc2cc(F)ccc2Cl)c2ccccc12. The first-order valence-corrected chi connectivity index (χ1v) is 6.68. The number of hydrogen-bond donors (Lipinski definition) is 1. The topological polar surface area (TPSA) is 25.2 Å². The molecule has 20 heavy (non-hydrogen) atoms. The van der Waals surface area contributed by atoms with Crippen molar-refractivity contribution in [2.45, 2.75) is 13.2 Å². The molecule has 0 aliphatic rings. The van der Waals surface area contributed by atoms with E-state index in [1.165, 1.54) is 12.1 Å². The van der Waals surface area contributed by atoms with Crippen molar-refractivity contribution in [1.82, 2.24) is 4.57 Å². The quantitative estimate of drug-likeness (QED) is 0.775. The van der Waals surface area contributed by atoms with Crippen molar-refractivity contribution in [3.63, 3.8) is 0 Å². The zero-order valence-electron chi connectivity index (χ0n) is 10.7. The molecule has 1 heterocycles. The fourth-order valence-corrected chi connectivity index (χ4v) is 2.60. The summed E-state index contributed by atoms with van der Waals surface area (Å²) in [4.78, 5) is 0. The van der Waals surface area contributed by atoms with Gasteiger partial charge >= 0.3 is 0 Å². The molecular formula is C16H13ClFNO. The second-order valence-corrected chi connectivity index (χ2v) is 5.10. The van der Waals surface area contributed by atoms with Crippen LogP contribution in [0.1, 0.15) is 11.1 Å². The number of benzene rings is 2. The first-order valence-electron chi connectivity index (χ1n) is 6.30. The van der Waals surface area contributed by atoms with Gasteiger partial charge in [0.05, 0.1) is 6.61 Å². The molecule has 0 bridgehead atoms. The Morgan fingerprint density at radius 2 is 1.90 bits per heavy atom. The number of aliphatic hydroxyl groups is 1. The van der Waals surface area contributed by atoms with Crippen molar-refractivity contribution < 1.29 is 9.50 Å².